The molecule has 0 aliphatic carbocycles. The quantitative estimate of drug-likeness (QED) is 0.879. The number of hydrogen-bond donors (Lipinski definition) is 1. The Balaban J connectivity index is 1.79. The number of para-hydroxylation sites is 1. The summed E-state index contributed by atoms with van der Waals surface area (Å²) < 4.78 is 0. The zero-order valence-electron chi connectivity index (χ0n) is 12.4. The van der Waals surface area contributed by atoms with Crippen molar-refractivity contribution in [2.45, 2.75) is 6.92 Å². The van der Waals surface area contributed by atoms with Gasteiger partial charge in [0.2, 0.25) is 5.91 Å². The molecule has 1 aliphatic heterocycles. The number of carbonyl (C=O) groups is 2. The minimum absolute atomic E-state index is 0.377. The molecule has 0 aromatic heterocycles. The largest absolute Gasteiger partial charge is 0.325 e. The van der Waals surface area contributed by atoms with E-state index < -0.39 is 5.92 Å². The maximum Gasteiger partial charge on any atom is 0.265 e. The number of nitrogens with one attached hydrogen (secondary N) is 1. The van der Waals surface area contributed by atoms with Crippen LogP contribution in [0.25, 0.3) is 0 Å². The van der Waals surface area contributed by atoms with E-state index in [2.05, 4.69) is 10.4 Å². The van der Waals surface area contributed by atoms with Crippen molar-refractivity contribution in [3.05, 3.63) is 59.6 Å². The molecule has 0 bridgehead atoms. The molecular weight excluding hydrogens is 314 g/mol. The van der Waals surface area contributed by atoms with Crippen LogP contribution in [-0.2, 0) is 9.59 Å². The molecule has 1 aliphatic rings. The zero-order chi connectivity index (χ0) is 16.4. The Labute approximate surface area is 138 Å². The van der Waals surface area contributed by atoms with Crippen molar-refractivity contribution in [1.29, 1.82) is 0 Å². The summed E-state index contributed by atoms with van der Waals surface area (Å²) in [4.78, 5) is 25.0. The molecule has 1 unspecified atom stereocenters. The van der Waals surface area contributed by atoms with Crippen LogP contribution in [0.2, 0.25) is 5.02 Å². The second-order valence-electron chi connectivity index (χ2n) is 5.16. The van der Waals surface area contributed by atoms with E-state index in [-0.39, 0.29) is 11.8 Å². The van der Waals surface area contributed by atoms with Gasteiger partial charge < -0.3 is 5.32 Å². The first-order chi connectivity index (χ1) is 11.1. The van der Waals surface area contributed by atoms with Gasteiger partial charge in [0.25, 0.3) is 5.91 Å². The van der Waals surface area contributed by atoms with Crippen molar-refractivity contribution in [3.8, 4) is 0 Å². The van der Waals surface area contributed by atoms with E-state index in [9.17, 15) is 9.59 Å². The van der Waals surface area contributed by atoms with Gasteiger partial charge in [-0.15, -0.1) is 0 Å². The summed E-state index contributed by atoms with van der Waals surface area (Å²) in [6, 6.07) is 15.7. The molecule has 5 nitrogen and oxygen atoms in total. The van der Waals surface area contributed by atoms with Gasteiger partial charge in [0.1, 0.15) is 0 Å². The van der Waals surface area contributed by atoms with Crippen molar-refractivity contribution in [3.63, 3.8) is 0 Å². The van der Waals surface area contributed by atoms with Crippen LogP contribution in [0, 0.1) is 5.92 Å². The van der Waals surface area contributed by atoms with E-state index in [0.29, 0.717) is 22.1 Å². The number of amides is 2. The molecule has 1 N–H and O–H groups in total. The fourth-order valence-electron chi connectivity index (χ4n) is 2.37. The second kappa shape index (κ2) is 6.22. The smallest absolute Gasteiger partial charge is 0.265 e. The number of rotatable bonds is 3. The lowest BCUT2D eigenvalue weighted by Gasteiger charge is -2.14. The Bertz CT molecular complexity index is 772. The summed E-state index contributed by atoms with van der Waals surface area (Å²) in [5.41, 5.74) is 1.68. The van der Waals surface area contributed by atoms with E-state index in [1.54, 1.807) is 43.3 Å². The number of nitrogens with zero attached hydrogens (tertiary/aromatic N) is 2. The van der Waals surface area contributed by atoms with E-state index in [1.807, 2.05) is 18.2 Å². The first-order valence-corrected chi connectivity index (χ1v) is 7.44. The highest BCUT2D eigenvalue weighted by Crippen LogP contribution is 2.26. The van der Waals surface area contributed by atoms with Gasteiger partial charge in [-0.1, -0.05) is 29.8 Å². The molecule has 116 valence electrons. The van der Waals surface area contributed by atoms with Gasteiger partial charge in [0.05, 0.1) is 11.4 Å². The fraction of sp³-hybridized carbons (Fsp3) is 0.118. The predicted octanol–water partition coefficient (Wildman–Crippen LogP) is 3.32. The lowest BCUT2D eigenvalue weighted by atomic mass is 10.0. The van der Waals surface area contributed by atoms with Gasteiger partial charge in [-0.25, -0.2) is 0 Å². The van der Waals surface area contributed by atoms with Crippen molar-refractivity contribution < 1.29 is 9.59 Å². The Morgan fingerprint density at radius 2 is 1.78 bits per heavy atom. The van der Waals surface area contributed by atoms with Crippen molar-refractivity contribution in [1.82, 2.24) is 0 Å². The Kier molecular flexibility index (Phi) is 4.12. The minimum Gasteiger partial charge on any atom is -0.325 e. The summed E-state index contributed by atoms with van der Waals surface area (Å²) in [5.74, 6) is -1.69. The number of hydrazone groups is 1. The van der Waals surface area contributed by atoms with Crippen molar-refractivity contribution in [2.75, 3.05) is 10.3 Å². The lowest BCUT2D eigenvalue weighted by Crippen LogP contribution is -2.36. The van der Waals surface area contributed by atoms with Crippen molar-refractivity contribution >= 4 is 40.5 Å². The maximum absolute atomic E-state index is 12.6. The van der Waals surface area contributed by atoms with Gasteiger partial charge >= 0.3 is 0 Å². The highest BCUT2D eigenvalue weighted by molar-refractivity contribution is 6.31. The van der Waals surface area contributed by atoms with Crippen molar-refractivity contribution in [2.24, 2.45) is 11.0 Å². The molecule has 0 radical (unpaired) electrons. The average Bonchev–Trinajstić information content (AvgIpc) is 2.84. The monoisotopic (exact) mass is 327 g/mol. The molecule has 1 heterocycles. The standard InChI is InChI=1S/C17H14ClN3O2/c1-11-15(16(22)19-13-5-3-2-4-6-13)17(23)21(20-11)14-9-7-12(18)8-10-14/h2-10,15H,1H3,(H,19,22). The molecule has 0 saturated heterocycles. The van der Waals surface area contributed by atoms with Gasteiger partial charge in [0.15, 0.2) is 5.92 Å². The van der Waals surface area contributed by atoms with Gasteiger partial charge in [0, 0.05) is 10.7 Å². The molecule has 2 amide bonds. The van der Waals surface area contributed by atoms with E-state index >= 15 is 0 Å². The molecule has 0 spiro atoms. The first-order valence-electron chi connectivity index (χ1n) is 7.07. The topological polar surface area (TPSA) is 61.8 Å². The zero-order valence-corrected chi connectivity index (χ0v) is 13.1. The molecule has 2 aromatic rings. The van der Waals surface area contributed by atoms with E-state index in [1.165, 1.54) is 5.01 Å². The molecule has 0 saturated carbocycles. The maximum atomic E-state index is 12.6. The first kappa shape index (κ1) is 15.2. The van der Waals surface area contributed by atoms with Crippen LogP contribution >= 0.6 is 11.6 Å². The highest BCUT2D eigenvalue weighted by atomic mass is 35.5. The fourth-order valence-corrected chi connectivity index (χ4v) is 2.50. The summed E-state index contributed by atoms with van der Waals surface area (Å²) >= 11 is 5.85. The second-order valence-corrected chi connectivity index (χ2v) is 5.59. The SMILES string of the molecule is CC1=NN(c2ccc(Cl)cc2)C(=O)C1C(=O)Nc1ccccc1. The van der Waals surface area contributed by atoms with Crippen LogP contribution in [0.1, 0.15) is 6.92 Å². The summed E-state index contributed by atoms with van der Waals surface area (Å²) in [5, 5.41) is 8.75. The predicted molar refractivity (Wildman–Crippen MR) is 90.6 cm³/mol. The van der Waals surface area contributed by atoms with Crippen LogP contribution in [0.5, 0.6) is 0 Å². The van der Waals surface area contributed by atoms with Crippen LogP contribution in [0.15, 0.2) is 59.7 Å². The lowest BCUT2D eigenvalue weighted by molar-refractivity contribution is -0.127. The molecule has 6 heteroatoms. The number of hydrogen-bond acceptors (Lipinski definition) is 3. The third kappa shape index (κ3) is 3.10. The number of carbonyl (C=O) groups excluding carboxylic acids is 2. The van der Waals surface area contributed by atoms with Crippen LogP contribution < -0.4 is 10.3 Å². The molecular formula is C17H14ClN3O2. The van der Waals surface area contributed by atoms with E-state index in [0.717, 1.165) is 0 Å². The van der Waals surface area contributed by atoms with Crippen LogP contribution in [-0.4, -0.2) is 17.5 Å². The Hall–Kier alpha value is -2.66. The van der Waals surface area contributed by atoms with E-state index in [4.69, 9.17) is 11.6 Å². The molecule has 0 fully saturated rings. The van der Waals surface area contributed by atoms with Crippen LogP contribution in [0.4, 0.5) is 11.4 Å². The van der Waals surface area contributed by atoms with Crippen LogP contribution in [0.3, 0.4) is 0 Å². The number of benzene rings is 2. The molecule has 1 atom stereocenters. The molecule has 23 heavy (non-hydrogen) atoms. The number of halogens is 1. The molecule has 2 aromatic carbocycles. The van der Waals surface area contributed by atoms with Gasteiger partial charge in [-0.2, -0.15) is 10.1 Å². The Morgan fingerprint density at radius 3 is 2.43 bits per heavy atom. The highest BCUT2D eigenvalue weighted by Gasteiger charge is 2.39. The third-order valence-electron chi connectivity index (χ3n) is 3.51. The Morgan fingerprint density at radius 1 is 1.13 bits per heavy atom. The number of anilines is 2. The normalized spacial score (nSPS) is 17.1. The summed E-state index contributed by atoms with van der Waals surface area (Å²) in [6.07, 6.45) is 0. The van der Waals surface area contributed by atoms with Gasteiger partial charge in [-0.05, 0) is 43.3 Å². The summed E-state index contributed by atoms with van der Waals surface area (Å²) in [7, 11) is 0. The van der Waals surface area contributed by atoms with Gasteiger partial charge in [-0.3, -0.25) is 9.59 Å². The minimum atomic E-state index is -0.925. The average molecular weight is 328 g/mol. The summed E-state index contributed by atoms with van der Waals surface area (Å²) in [6.45, 7) is 1.67. The third-order valence-corrected chi connectivity index (χ3v) is 3.76. The molecule has 3 rings (SSSR count).